The number of nitrogens with zero attached hydrogens (tertiary/aromatic N) is 2. The highest BCUT2D eigenvalue weighted by Gasteiger charge is 2.44. The molecule has 7 heteroatoms. The lowest BCUT2D eigenvalue weighted by Gasteiger charge is -2.30. The monoisotopic (exact) mass is 690 g/mol. The molecule has 264 valence electrons. The van der Waals surface area contributed by atoms with Gasteiger partial charge in [-0.15, -0.1) is 0 Å². The topological polar surface area (TPSA) is 6.25 Å². The Balaban J connectivity index is 0.000000839. The summed E-state index contributed by atoms with van der Waals surface area (Å²) in [5, 5.41) is 5.32. The lowest BCUT2D eigenvalue weighted by atomic mass is 9.75. The molecule has 0 amide bonds. The maximum atomic E-state index is 9.75. The molecule has 0 spiro atoms. The third-order valence-electron chi connectivity index (χ3n) is 10.7. The van der Waals surface area contributed by atoms with Crippen LogP contribution in [-0.2, 0) is 10.8 Å². The first-order valence-electron chi connectivity index (χ1n) is 17.6. The molecular weight excluding hydrogens is 643 g/mol. The number of allylic oxidation sites excluding steroid dienone is 10. The lowest BCUT2D eigenvalue weighted by molar-refractivity contribution is -0.401. The average molecular weight is 691 g/mol. The van der Waals surface area contributed by atoms with Crippen LogP contribution >= 0.6 is 0 Å². The smallest absolute Gasteiger partial charge is 0.418 e. The van der Waals surface area contributed by atoms with E-state index in [-0.39, 0.29) is 16.2 Å². The van der Waals surface area contributed by atoms with Crippen molar-refractivity contribution in [3.8, 4) is 0 Å². The Bertz CT molecular complexity index is 2200. The van der Waals surface area contributed by atoms with Crippen LogP contribution in [0.5, 0.6) is 0 Å². The molecule has 0 saturated carbocycles. The quantitative estimate of drug-likeness (QED) is 0.117. The van der Waals surface area contributed by atoms with E-state index in [0.717, 1.165) is 12.8 Å². The molecule has 0 fully saturated rings. The van der Waals surface area contributed by atoms with Gasteiger partial charge in [0.05, 0.1) is 5.41 Å². The second-order valence-electron chi connectivity index (χ2n) is 15.9. The van der Waals surface area contributed by atoms with Gasteiger partial charge in [0.15, 0.2) is 5.71 Å². The van der Waals surface area contributed by atoms with E-state index in [1.54, 1.807) is 0 Å². The minimum absolute atomic E-state index is 0.0733. The molecule has 0 atom stereocenters. The molecule has 51 heavy (non-hydrogen) atoms. The predicted molar refractivity (Wildman–Crippen MR) is 209 cm³/mol. The number of anilines is 1. The van der Waals surface area contributed by atoms with E-state index < -0.39 is 7.25 Å². The number of hydrogen-bond acceptors (Lipinski definition) is 1. The summed E-state index contributed by atoms with van der Waals surface area (Å²) in [7, 11) is -1.58. The number of rotatable bonds is 4. The van der Waals surface area contributed by atoms with Crippen LogP contribution in [0.1, 0.15) is 65.5 Å². The van der Waals surface area contributed by atoms with Crippen molar-refractivity contribution in [2.45, 2.75) is 65.2 Å². The fourth-order valence-corrected chi connectivity index (χ4v) is 8.63. The molecule has 7 rings (SSSR count). The van der Waals surface area contributed by atoms with Gasteiger partial charge in [0.2, 0.25) is 5.69 Å². The van der Waals surface area contributed by atoms with Crippen LogP contribution in [0.15, 0.2) is 132 Å². The fraction of sp³-hybridized carbons (Fsp3) is 0.295. The summed E-state index contributed by atoms with van der Waals surface area (Å²) < 4.78 is 41.4. The number of halogens is 4. The van der Waals surface area contributed by atoms with Gasteiger partial charge in [-0.3, -0.25) is 0 Å². The van der Waals surface area contributed by atoms with Gasteiger partial charge in [0, 0.05) is 41.6 Å². The Kier molecular flexibility index (Phi) is 9.33. The zero-order valence-corrected chi connectivity index (χ0v) is 30.9. The van der Waals surface area contributed by atoms with Crippen LogP contribution in [0.3, 0.4) is 0 Å². The van der Waals surface area contributed by atoms with Crippen molar-refractivity contribution in [1.82, 2.24) is 0 Å². The summed E-state index contributed by atoms with van der Waals surface area (Å²) in [5.74, 6) is 0. The van der Waals surface area contributed by atoms with Crippen LogP contribution in [0.4, 0.5) is 28.6 Å². The van der Waals surface area contributed by atoms with Gasteiger partial charge in [-0.2, -0.15) is 4.58 Å². The molecule has 0 bridgehead atoms. The van der Waals surface area contributed by atoms with E-state index in [0.29, 0.717) is 0 Å². The molecule has 3 aliphatic rings. The minimum atomic E-state index is -6.00. The average Bonchev–Trinajstić information content (AvgIpc) is 3.37. The number of likely N-dealkylation sites (N-methyl/N-ethyl adjacent to an activating group) is 1. The molecule has 4 aromatic rings. The van der Waals surface area contributed by atoms with E-state index in [2.05, 4.69) is 180 Å². The van der Waals surface area contributed by atoms with Crippen LogP contribution in [0.2, 0.25) is 0 Å². The maximum absolute atomic E-state index is 9.75. The SMILES string of the molecule is CN1/C(=C\C=C\C2=CC(=C/C=C/C3=[N+](C)c4ccc5ccccc5c4C3(C)C)/CC(C)(C)C2)C(C)(C)c2c1ccc1ccccc21.F[B-](F)(F)F. The lowest BCUT2D eigenvalue weighted by Crippen LogP contribution is -2.26. The van der Waals surface area contributed by atoms with Crippen molar-refractivity contribution >= 4 is 45.9 Å². The summed E-state index contributed by atoms with van der Waals surface area (Å²) in [6.07, 6.45) is 18.4. The van der Waals surface area contributed by atoms with Gasteiger partial charge in [-0.25, -0.2) is 0 Å². The molecule has 2 aliphatic heterocycles. The molecular formula is C44H47BF4N2. The van der Waals surface area contributed by atoms with Crippen LogP contribution < -0.4 is 4.90 Å². The van der Waals surface area contributed by atoms with Gasteiger partial charge in [0.1, 0.15) is 7.05 Å². The first kappa shape index (κ1) is 36.2. The predicted octanol–water partition coefficient (Wildman–Crippen LogP) is 12.4. The number of fused-ring (bicyclic) bond motifs is 6. The second kappa shape index (κ2) is 13.2. The fourth-order valence-electron chi connectivity index (χ4n) is 8.63. The van der Waals surface area contributed by atoms with E-state index in [4.69, 9.17) is 0 Å². The molecule has 2 heterocycles. The summed E-state index contributed by atoms with van der Waals surface area (Å²) >= 11 is 0. The molecule has 2 nitrogen and oxygen atoms in total. The van der Waals surface area contributed by atoms with Crippen molar-refractivity contribution in [3.05, 3.63) is 143 Å². The van der Waals surface area contributed by atoms with Gasteiger partial charge in [-0.05, 0) is 88.6 Å². The van der Waals surface area contributed by atoms with Crippen molar-refractivity contribution in [2.24, 2.45) is 5.41 Å². The van der Waals surface area contributed by atoms with E-state index >= 15 is 0 Å². The third-order valence-corrected chi connectivity index (χ3v) is 10.7. The second-order valence-corrected chi connectivity index (χ2v) is 15.9. The largest absolute Gasteiger partial charge is 0.673 e. The highest BCUT2D eigenvalue weighted by Crippen LogP contribution is 2.50. The van der Waals surface area contributed by atoms with Crippen LogP contribution in [0.25, 0.3) is 21.5 Å². The van der Waals surface area contributed by atoms with Crippen molar-refractivity contribution in [1.29, 1.82) is 0 Å². The Morgan fingerprint density at radius 1 is 0.686 bits per heavy atom. The molecule has 0 aromatic heterocycles. The number of hydrogen-bond donors (Lipinski definition) is 0. The first-order valence-corrected chi connectivity index (χ1v) is 17.6. The van der Waals surface area contributed by atoms with Gasteiger partial charge in [-0.1, -0.05) is 113 Å². The Morgan fingerprint density at radius 3 is 1.90 bits per heavy atom. The van der Waals surface area contributed by atoms with Crippen molar-refractivity contribution in [3.63, 3.8) is 0 Å². The zero-order valence-electron chi connectivity index (χ0n) is 30.9. The minimum Gasteiger partial charge on any atom is -0.418 e. The van der Waals surface area contributed by atoms with Gasteiger partial charge >= 0.3 is 7.25 Å². The molecule has 0 radical (unpaired) electrons. The Morgan fingerprint density at radius 2 is 1.25 bits per heavy atom. The van der Waals surface area contributed by atoms with Crippen LogP contribution in [-0.4, -0.2) is 31.6 Å². The third kappa shape index (κ3) is 7.13. The number of benzene rings is 4. The zero-order chi connectivity index (χ0) is 36.9. The van der Waals surface area contributed by atoms with Gasteiger partial charge < -0.3 is 22.2 Å². The first-order chi connectivity index (χ1) is 23.9. The van der Waals surface area contributed by atoms with E-state index in [9.17, 15) is 17.3 Å². The van der Waals surface area contributed by atoms with Crippen LogP contribution in [0, 0.1) is 5.41 Å². The summed E-state index contributed by atoms with van der Waals surface area (Å²) in [4.78, 5) is 2.38. The van der Waals surface area contributed by atoms with E-state index in [1.165, 1.54) is 66.6 Å². The highest BCUT2D eigenvalue weighted by atomic mass is 19.5. The van der Waals surface area contributed by atoms with Gasteiger partial charge in [0.25, 0.3) is 0 Å². The summed E-state index contributed by atoms with van der Waals surface area (Å²) in [6.45, 7) is 14.2. The van der Waals surface area contributed by atoms with Crippen molar-refractivity contribution < 1.29 is 21.8 Å². The normalized spacial score (nSPS) is 20.8. The maximum Gasteiger partial charge on any atom is 0.673 e. The molecule has 0 N–H and O–H groups in total. The summed E-state index contributed by atoms with van der Waals surface area (Å²) in [5.41, 5.74) is 11.0. The Hall–Kier alpha value is -4.65. The molecule has 1 aliphatic carbocycles. The summed E-state index contributed by atoms with van der Waals surface area (Å²) in [6, 6.07) is 26.6. The van der Waals surface area contributed by atoms with Crippen molar-refractivity contribution in [2.75, 3.05) is 19.0 Å². The highest BCUT2D eigenvalue weighted by molar-refractivity contribution is 6.50. The molecule has 0 saturated heterocycles. The Labute approximate surface area is 300 Å². The molecule has 0 unspecified atom stereocenters. The molecule has 4 aromatic carbocycles. The standard InChI is InChI=1S/C44H47N2.BF4/c1-42(2)28-30(15-13-21-38-43(3,4)40-34-19-11-9-17-32(34)23-25-36(40)45(38)7)27-31(29-42)16-14-22-39-44(5,6)41-35-20-12-10-18-33(35)24-26-37(41)46(39)8;2-1(3,4)5/h9-27H,28-29H2,1-8H3;/q+1;-1. The van der Waals surface area contributed by atoms with E-state index in [1.807, 2.05) is 0 Å².